The molecular weight excluding hydrogens is 351 g/mol. The number of nitriles is 1. The Morgan fingerprint density at radius 3 is 2.33 bits per heavy atom. The van der Waals surface area contributed by atoms with E-state index in [1.165, 1.54) is 25.3 Å². The van der Waals surface area contributed by atoms with Crippen LogP contribution in [0.4, 0.5) is 5.69 Å². The summed E-state index contributed by atoms with van der Waals surface area (Å²) in [5, 5.41) is 21.4. The van der Waals surface area contributed by atoms with E-state index in [2.05, 4.69) is 5.32 Å². The number of hydrogen-bond donors (Lipinski definition) is 2. The van der Waals surface area contributed by atoms with E-state index in [1.807, 2.05) is 6.07 Å². The number of ether oxygens (including phenoxy) is 1. The van der Waals surface area contributed by atoms with Gasteiger partial charge in [-0.1, -0.05) is 23.2 Å². The second kappa shape index (κ2) is 7.73. The minimum absolute atomic E-state index is 0.0293. The predicted octanol–water partition coefficient (Wildman–Crippen LogP) is 4.25. The molecule has 2 N–H and O–H groups in total. The van der Waals surface area contributed by atoms with Crippen molar-refractivity contribution in [2.75, 3.05) is 12.4 Å². The summed E-state index contributed by atoms with van der Waals surface area (Å²) in [6, 6.07) is 11.3. The van der Waals surface area contributed by atoms with Crippen LogP contribution in [0.3, 0.4) is 0 Å². The highest BCUT2D eigenvalue weighted by Gasteiger charge is 2.11. The first-order valence-electron chi connectivity index (χ1n) is 6.70. The van der Waals surface area contributed by atoms with E-state index in [9.17, 15) is 15.2 Å². The molecule has 24 heavy (non-hydrogen) atoms. The molecule has 5 nitrogen and oxygen atoms in total. The molecule has 0 radical (unpaired) electrons. The Morgan fingerprint density at radius 2 is 1.83 bits per heavy atom. The molecule has 0 aliphatic rings. The Hall–Kier alpha value is -2.68. The number of hydrogen-bond acceptors (Lipinski definition) is 4. The quantitative estimate of drug-likeness (QED) is 0.628. The third kappa shape index (κ3) is 4.19. The number of nitrogens with one attached hydrogen (secondary N) is 1. The van der Waals surface area contributed by atoms with Gasteiger partial charge in [0, 0.05) is 5.69 Å². The van der Waals surface area contributed by atoms with Crippen molar-refractivity contribution in [1.82, 2.24) is 0 Å². The molecule has 2 rings (SSSR count). The molecule has 0 aliphatic carbocycles. The van der Waals surface area contributed by atoms with Gasteiger partial charge >= 0.3 is 0 Å². The zero-order valence-electron chi connectivity index (χ0n) is 12.5. The molecule has 0 unspecified atom stereocenters. The number of benzene rings is 2. The highest BCUT2D eigenvalue weighted by atomic mass is 35.5. The van der Waals surface area contributed by atoms with Crippen LogP contribution in [-0.4, -0.2) is 18.1 Å². The number of nitrogens with zero attached hydrogens (tertiary/aromatic N) is 1. The molecule has 0 atom stereocenters. The number of phenols is 1. The van der Waals surface area contributed by atoms with E-state index in [0.717, 1.165) is 0 Å². The second-order valence-electron chi connectivity index (χ2n) is 4.69. The van der Waals surface area contributed by atoms with Crippen molar-refractivity contribution in [2.24, 2.45) is 0 Å². The maximum absolute atomic E-state index is 12.2. The van der Waals surface area contributed by atoms with Crippen LogP contribution in [0.1, 0.15) is 5.56 Å². The lowest BCUT2D eigenvalue weighted by atomic mass is 10.1. The maximum atomic E-state index is 12.2. The molecule has 2 aromatic rings. The predicted molar refractivity (Wildman–Crippen MR) is 93.3 cm³/mol. The molecule has 0 aliphatic heterocycles. The van der Waals surface area contributed by atoms with Crippen molar-refractivity contribution < 1.29 is 14.6 Å². The highest BCUT2D eigenvalue weighted by Crippen LogP contribution is 2.33. The minimum Gasteiger partial charge on any atom is -0.505 e. The van der Waals surface area contributed by atoms with Gasteiger partial charge < -0.3 is 15.2 Å². The first-order chi connectivity index (χ1) is 11.4. The maximum Gasteiger partial charge on any atom is 0.266 e. The Labute approximate surface area is 148 Å². The lowest BCUT2D eigenvalue weighted by Crippen LogP contribution is -2.13. The Morgan fingerprint density at radius 1 is 1.25 bits per heavy atom. The summed E-state index contributed by atoms with van der Waals surface area (Å²) in [5.41, 5.74) is 0.802. The van der Waals surface area contributed by atoms with E-state index in [0.29, 0.717) is 17.0 Å². The molecule has 0 bridgehead atoms. The normalized spacial score (nSPS) is 10.8. The fraction of sp³-hybridized carbons (Fsp3) is 0.0588. The van der Waals surface area contributed by atoms with Crippen LogP contribution in [0, 0.1) is 11.3 Å². The number of carbonyl (C=O) groups is 1. The summed E-state index contributed by atoms with van der Waals surface area (Å²) >= 11 is 11.6. The summed E-state index contributed by atoms with van der Waals surface area (Å²) in [6.45, 7) is 0. The van der Waals surface area contributed by atoms with E-state index in [4.69, 9.17) is 27.9 Å². The molecule has 1 amide bonds. The van der Waals surface area contributed by atoms with Gasteiger partial charge in [0.2, 0.25) is 0 Å². The number of amides is 1. The highest BCUT2D eigenvalue weighted by molar-refractivity contribution is 6.37. The van der Waals surface area contributed by atoms with Crippen LogP contribution in [0.5, 0.6) is 11.5 Å². The van der Waals surface area contributed by atoms with Crippen LogP contribution in [0.2, 0.25) is 10.0 Å². The Kier molecular flexibility index (Phi) is 5.69. The third-order valence-corrected chi connectivity index (χ3v) is 3.64. The Bertz CT molecular complexity index is 817. The van der Waals surface area contributed by atoms with Crippen LogP contribution in [0.25, 0.3) is 6.08 Å². The summed E-state index contributed by atoms with van der Waals surface area (Å²) in [5.74, 6) is -0.183. The largest absolute Gasteiger partial charge is 0.505 e. The number of rotatable bonds is 4. The van der Waals surface area contributed by atoms with Crippen molar-refractivity contribution in [2.45, 2.75) is 0 Å². The lowest BCUT2D eigenvalue weighted by molar-refractivity contribution is -0.112. The van der Waals surface area contributed by atoms with Crippen molar-refractivity contribution in [3.05, 3.63) is 57.6 Å². The van der Waals surface area contributed by atoms with Crippen molar-refractivity contribution >= 4 is 40.9 Å². The van der Waals surface area contributed by atoms with Gasteiger partial charge in [0.25, 0.3) is 5.91 Å². The van der Waals surface area contributed by atoms with Crippen molar-refractivity contribution in [3.63, 3.8) is 0 Å². The average molecular weight is 363 g/mol. The fourth-order valence-corrected chi connectivity index (χ4v) is 2.36. The molecule has 0 saturated heterocycles. The number of aromatic hydroxyl groups is 1. The van der Waals surface area contributed by atoms with Crippen LogP contribution in [0.15, 0.2) is 42.0 Å². The molecule has 0 spiro atoms. The number of phenolic OH excluding ortho intramolecular Hbond substituents is 1. The Balaban J connectivity index is 2.23. The molecule has 0 heterocycles. The monoisotopic (exact) mass is 362 g/mol. The van der Waals surface area contributed by atoms with E-state index in [-0.39, 0.29) is 21.4 Å². The first-order valence-corrected chi connectivity index (χ1v) is 7.45. The SMILES string of the molecule is COc1ccc(NC(=O)/C(C#N)=C\c2cc(Cl)c(O)c(Cl)c2)cc1. The standard InChI is InChI=1S/C17H12Cl2N2O3/c1-24-13-4-2-12(3-5-13)21-17(23)11(9-20)6-10-7-14(18)16(22)15(19)8-10/h2-8,22H,1H3,(H,21,23)/b11-6-. The van der Waals surface area contributed by atoms with E-state index >= 15 is 0 Å². The lowest BCUT2D eigenvalue weighted by Gasteiger charge is -2.06. The second-order valence-corrected chi connectivity index (χ2v) is 5.50. The van der Waals surface area contributed by atoms with Gasteiger partial charge in [0.15, 0.2) is 5.75 Å². The molecule has 0 aromatic heterocycles. The zero-order chi connectivity index (χ0) is 17.7. The van der Waals surface area contributed by atoms with E-state index < -0.39 is 5.91 Å². The van der Waals surface area contributed by atoms with Crippen molar-refractivity contribution in [1.29, 1.82) is 5.26 Å². The smallest absolute Gasteiger partial charge is 0.266 e. The number of carbonyl (C=O) groups excluding carboxylic acids is 1. The number of anilines is 1. The molecular formula is C17H12Cl2N2O3. The summed E-state index contributed by atoms with van der Waals surface area (Å²) in [6.07, 6.45) is 1.33. The fourth-order valence-electron chi connectivity index (χ4n) is 1.86. The first kappa shape index (κ1) is 17.7. The van der Waals surface area contributed by atoms with E-state index in [1.54, 1.807) is 24.3 Å². The minimum atomic E-state index is -0.581. The van der Waals surface area contributed by atoms with Crippen LogP contribution in [-0.2, 0) is 4.79 Å². The number of methoxy groups -OCH3 is 1. The van der Waals surface area contributed by atoms with Gasteiger partial charge in [0.05, 0.1) is 17.2 Å². The van der Waals surface area contributed by atoms with Crippen LogP contribution < -0.4 is 10.1 Å². The molecule has 0 saturated carbocycles. The summed E-state index contributed by atoms with van der Waals surface area (Å²) in [7, 11) is 1.54. The van der Waals surface area contributed by atoms with Gasteiger partial charge in [-0.3, -0.25) is 4.79 Å². The average Bonchev–Trinajstić information content (AvgIpc) is 2.58. The molecule has 122 valence electrons. The van der Waals surface area contributed by atoms with Gasteiger partial charge in [-0.15, -0.1) is 0 Å². The topological polar surface area (TPSA) is 82.3 Å². The van der Waals surface area contributed by atoms with Gasteiger partial charge in [0.1, 0.15) is 17.4 Å². The number of halogens is 2. The van der Waals surface area contributed by atoms with Gasteiger partial charge in [-0.05, 0) is 48.0 Å². The molecule has 7 heteroatoms. The van der Waals surface area contributed by atoms with Crippen molar-refractivity contribution in [3.8, 4) is 17.6 Å². The molecule has 2 aromatic carbocycles. The third-order valence-electron chi connectivity index (χ3n) is 3.06. The van der Waals surface area contributed by atoms with Crippen LogP contribution >= 0.6 is 23.2 Å². The zero-order valence-corrected chi connectivity index (χ0v) is 14.0. The van der Waals surface area contributed by atoms with Gasteiger partial charge in [-0.25, -0.2) is 0 Å². The van der Waals surface area contributed by atoms with Gasteiger partial charge in [-0.2, -0.15) is 5.26 Å². The molecule has 0 fully saturated rings. The summed E-state index contributed by atoms with van der Waals surface area (Å²) < 4.78 is 5.03. The summed E-state index contributed by atoms with van der Waals surface area (Å²) in [4.78, 5) is 12.2.